The van der Waals surface area contributed by atoms with Gasteiger partial charge in [-0.05, 0) is 43.5 Å². The number of carbonyl (C=O) groups is 1. The number of amides is 1. The Morgan fingerprint density at radius 2 is 1.63 bits per heavy atom. The van der Waals surface area contributed by atoms with Crippen LogP contribution in [0.1, 0.15) is 24.8 Å². The molecule has 0 bridgehead atoms. The predicted octanol–water partition coefficient (Wildman–Crippen LogP) is 1.39. The van der Waals surface area contributed by atoms with Crippen molar-refractivity contribution in [3.63, 3.8) is 0 Å². The minimum atomic E-state index is -0.0145. The van der Waals surface area contributed by atoms with Crippen molar-refractivity contribution in [3.05, 3.63) is 29.8 Å². The molecule has 4 rings (SSSR count). The molecule has 1 atom stereocenters. The average Bonchev–Trinajstić information content (AvgIpc) is 3.07. The van der Waals surface area contributed by atoms with Crippen molar-refractivity contribution in [2.24, 2.45) is 0 Å². The Bertz CT molecular complexity index is 731. The Morgan fingerprint density at radius 1 is 0.900 bits per heavy atom. The first-order valence-electron chi connectivity index (χ1n) is 11.3. The lowest BCUT2D eigenvalue weighted by atomic mass is 10.0. The van der Waals surface area contributed by atoms with Crippen LogP contribution in [0.15, 0.2) is 24.3 Å². The van der Waals surface area contributed by atoms with Gasteiger partial charge in [0.05, 0.1) is 24.3 Å². The van der Waals surface area contributed by atoms with Gasteiger partial charge >= 0.3 is 0 Å². The van der Waals surface area contributed by atoms with Crippen molar-refractivity contribution in [1.29, 1.82) is 5.26 Å². The van der Waals surface area contributed by atoms with Crippen LogP contribution in [-0.4, -0.2) is 98.8 Å². The molecule has 30 heavy (non-hydrogen) atoms. The van der Waals surface area contributed by atoms with Gasteiger partial charge in [0.15, 0.2) is 0 Å². The van der Waals surface area contributed by atoms with E-state index >= 15 is 0 Å². The normalized spacial score (nSPS) is 25.1. The molecule has 7 nitrogen and oxygen atoms in total. The zero-order valence-corrected chi connectivity index (χ0v) is 17.8. The summed E-state index contributed by atoms with van der Waals surface area (Å²) in [7, 11) is 0. The summed E-state index contributed by atoms with van der Waals surface area (Å²) in [5.41, 5.74) is 1.53. The summed E-state index contributed by atoms with van der Waals surface area (Å²) in [4.78, 5) is 22.6. The van der Waals surface area contributed by atoms with E-state index in [9.17, 15) is 4.79 Å². The molecule has 3 aliphatic rings. The van der Waals surface area contributed by atoms with E-state index in [0.29, 0.717) is 5.56 Å². The molecule has 3 fully saturated rings. The molecule has 1 aromatic carbocycles. The molecule has 3 heterocycles. The number of nitrogens with zero attached hydrogens (tertiary/aromatic N) is 5. The van der Waals surface area contributed by atoms with Crippen LogP contribution in [0.3, 0.4) is 0 Å². The highest BCUT2D eigenvalue weighted by molar-refractivity contribution is 5.98. The predicted molar refractivity (Wildman–Crippen MR) is 116 cm³/mol. The Balaban J connectivity index is 1.27. The smallest absolute Gasteiger partial charge is 0.244 e. The van der Waals surface area contributed by atoms with E-state index in [1.807, 2.05) is 17.0 Å². The van der Waals surface area contributed by atoms with Gasteiger partial charge in [-0.2, -0.15) is 5.26 Å². The largest absolute Gasteiger partial charge is 0.380 e. The topological polar surface area (TPSA) is 63.1 Å². The van der Waals surface area contributed by atoms with Crippen LogP contribution in [0, 0.1) is 11.3 Å². The summed E-state index contributed by atoms with van der Waals surface area (Å²) in [6, 6.07) is 9.50. The number of nitriles is 1. The first-order chi connectivity index (χ1) is 14.7. The molecule has 0 radical (unpaired) electrons. The van der Waals surface area contributed by atoms with Crippen molar-refractivity contribution in [2.45, 2.75) is 25.3 Å². The summed E-state index contributed by atoms with van der Waals surface area (Å²) in [5, 5.41) is 9.00. The lowest BCUT2D eigenvalue weighted by molar-refractivity contribution is -0.126. The van der Waals surface area contributed by atoms with Crippen LogP contribution in [0.2, 0.25) is 0 Å². The zero-order chi connectivity index (χ0) is 20.8. The number of hydrogen-bond acceptors (Lipinski definition) is 6. The number of benzene rings is 1. The maximum atomic E-state index is 13.2. The summed E-state index contributed by atoms with van der Waals surface area (Å²) in [6.45, 7) is 10.9. The third-order valence-corrected chi connectivity index (χ3v) is 6.61. The number of piperazine rings is 1. The monoisotopic (exact) mass is 411 g/mol. The summed E-state index contributed by atoms with van der Waals surface area (Å²) in [6.07, 6.45) is 3.10. The van der Waals surface area contributed by atoms with Gasteiger partial charge in [-0.3, -0.25) is 19.5 Å². The van der Waals surface area contributed by atoms with Crippen molar-refractivity contribution in [3.8, 4) is 6.07 Å². The van der Waals surface area contributed by atoms with Crippen molar-refractivity contribution < 1.29 is 9.53 Å². The lowest BCUT2D eigenvalue weighted by Gasteiger charge is -2.42. The Hall–Kier alpha value is -1.98. The third-order valence-electron chi connectivity index (χ3n) is 6.61. The minimum Gasteiger partial charge on any atom is -0.380 e. The maximum Gasteiger partial charge on any atom is 0.244 e. The van der Waals surface area contributed by atoms with Gasteiger partial charge in [0.2, 0.25) is 5.91 Å². The summed E-state index contributed by atoms with van der Waals surface area (Å²) < 4.78 is 5.55. The minimum absolute atomic E-state index is 0.0145. The molecular weight excluding hydrogens is 378 g/mol. The van der Waals surface area contributed by atoms with Gasteiger partial charge < -0.3 is 9.64 Å². The molecule has 0 N–H and O–H groups in total. The van der Waals surface area contributed by atoms with Gasteiger partial charge in [-0.15, -0.1) is 0 Å². The number of piperidine rings is 1. The van der Waals surface area contributed by atoms with E-state index in [0.717, 1.165) is 97.1 Å². The molecule has 1 aromatic rings. The van der Waals surface area contributed by atoms with Gasteiger partial charge in [-0.1, -0.05) is 0 Å². The molecule has 0 spiro atoms. The SMILES string of the molecule is N#Cc1ccc(N2CCC[C@H](N3CCN(CCN4CCCOCC4)CC3)C2=O)cc1. The molecule has 7 heteroatoms. The standard InChI is InChI=1S/C23H33N5O2/c24-19-20-4-6-21(7-5-20)28-9-1-3-22(23(28)29)27-14-12-26(13-15-27)11-10-25-8-2-17-30-18-16-25/h4-7,22H,1-3,8-18H2/t22-/m0/s1. The zero-order valence-electron chi connectivity index (χ0n) is 17.8. The number of carbonyl (C=O) groups excluding carboxylic acids is 1. The van der Waals surface area contributed by atoms with E-state index in [1.54, 1.807) is 12.1 Å². The van der Waals surface area contributed by atoms with Gasteiger partial charge in [0.1, 0.15) is 0 Å². The van der Waals surface area contributed by atoms with E-state index < -0.39 is 0 Å². The molecule has 0 unspecified atom stereocenters. The van der Waals surface area contributed by atoms with Crippen LogP contribution in [0.4, 0.5) is 5.69 Å². The fourth-order valence-corrected chi connectivity index (χ4v) is 4.77. The fraction of sp³-hybridized carbons (Fsp3) is 0.652. The van der Waals surface area contributed by atoms with E-state index in [4.69, 9.17) is 10.00 Å². The van der Waals surface area contributed by atoms with E-state index in [2.05, 4.69) is 20.8 Å². The molecule has 3 saturated heterocycles. The molecule has 0 aliphatic carbocycles. The number of anilines is 1. The van der Waals surface area contributed by atoms with Crippen molar-refractivity contribution in [2.75, 3.05) is 77.0 Å². The summed E-state index contributed by atoms with van der Waals surface area (Å²) in [5.74, 6) is 0.212. The molecule has 162 valence electrons. The first-order valence-corrected chi connectivity index (χ1v) is 11.3. The van der Waals surface area contributed by atoms with E-state index in [-0.39, 0.29) is 11.9 Å². The molecule has 1 amide bonds. The Labute approximate surface area is 179 Å². The maximum absolute atomic E-state index is 13.2. The van der Waals surface area contributed by atoms with Crippen molar-refractivity contribution >= 4 is 11.6 Å². The van der Waals surface area contributed by atoms with Crippen LogP contribution < -0.4 is 4.90 Å². The molecule has 0 aromatic heterocycles. The molecule has 3 aliphatic heterocycles. The lowest BCUT2D eigenvalue weighted by Crippen LogP contribution is -2.58. The van der Waals surface area contributed by atoms with Gasteiger partial charge in [0, 0.05) is 71.2 Å². The van der Waals surface area contributed by atoms with E-state index in [1.165, 1.54) is 0 Å². The highest BCUT2D eigenvalue weighted by atomic mass is 16.5. The molecule has 0 saturated carbocycles. The van der Waals surface area contributed by atoms with Crippen LogP contribution in [-0.2, 0) is 9.53 Å². The number of ether oxygens (including phenoxy) is 1. The van der Waals surface area contributed by atoms with Crippen LogP contribution in [0.25, 0.3) is 0 Å². The molecular formula is C23H33N5O2. The first kappa shape index (κ1) is 21.3. The fourth-order valence-electron chi connectivity index (χ4n) is 4.77. The summed E-state index contributed by atoms with van der Waals surface area (Å²) >= 11 is 0. The van der Waals surface area contributed by atoms with Crippen molar-refractivity contribution in [1.82, 2.24) is 14.7 Å². The second-order valence-electron chi connectivity index (χ2n) is 8.49. The van der Waals surface area contributed by atoms with Crippen LogP contribution in [0.5, 0.6) is 0 Å². The van der Waals surface area contributed by atoms with Gasteiger partial charge in [-0.25, -0.2) is 0 Å². The third kappa shape index (κ3) is 5.19. The van der Waals surface area contributed by atoms with Crippen LogP contribution >= 0.6 is 0 Å². The highest BCUT2D eigenvalue weighted by Crippen LogP contribution is 2.25. The Morgan fingerprint density at radius 3 is 2.37 bits per heavy atom. The average molecular weight is 412 g/mol. The van der Waals surface area contributed by atoms with Gasteiger partial charge in [0.25, 0.3) is 0 Å². The number of rotatable bonds is 5. The number of hydrogen-bond donors (Lipinski definition) is 0. The quantitative estimate of drug-likeness (QED) is 0.730. The second-order valence-corrected chi connectivity index (χ2v) is 8.49. The second kappa shape index (κ2) is 10.4. The highest BCUT2D eigenvalue weighted by Gasteiger charge is 2.35. The Kier molecular flexibility index (Phi) is 7.34.